The number of phenols is 1. The van der Waals surface area contributed by atoms with Crippen LogP contribution >= 0.6 is 0 Å². The van der Waals surface area contributed by atoms with Crippen molar-refractivity contribution in [1.82, 2.24) is 5.32 Å². The molecule has 12 heteroatoms. The molecule has 6 N–H and O–H groups in total. The van der Waals surface area contributed by atoms with Gasteiger partial charge in [0.2, 0.25) is 11.8 Å². The number of ketones is 3. The number of benzene rings is 1. The summed E-state index contributed by atoms with van der Waals surface area (Å²) in [5.74, 6) is -5.03. The second-order valence-electron chi connectivity index (χ2n) is 16.7. The van der Waals surface area contributed by atoms with E-state index in [0.29, 0.717) is 38.6 Å². The lowest BCUT2D eigenvalue weighted by atomic mass is 9.84. The molecule has 0 heterocycles. The summed E-state index contributed by atoms with van der Waals surface area (Å²) < 4.78 is 0. The van der Waals surface area contributed by atoms with Gasteiger partial charge in [0.05, 0.1) is 5.92 Å². The van der Waals surface area contributed by atoms with Crippen LogP contribution in [0, 0.1) is 23.7 Å². The minimum absolute atomic E-state index is 0. The van der Waals surface area contributed by atoms with Crippen molar-refractivity contribution >= 4 is 41.1 Å². The molecule has 2 amide bonds. The molecule has 0 aliphatic carbocycles. The van der Waals surface area contributed by atoms with E-state index in [1.54, 1.807) is 12.1 Å². The van der Waals surface area contributed by atoms with E-state index in [-0.39, 0.29) is 82.7 Å². The Balaban J connectivity index is 0. The van der Waals surface area contributed by atoms with Crippen LogP contribution in [0.15, 0.2) is 24.3 Å². The number of rotatable bonds is 38. The molecule has 0 aliphatic heterocycles. The van der Waals surface area contributed by atoms with Gasteiger partial charge in [0.1, 0.15) is 23.1 Å². The van der Waals surface area contributed by atoms with Crippen LogP contribution in [0.4, 0.5) is 0 Å². The number of carbonyl (C=O) groups excluding carboxylic acids is 5. The second kappa shape index (κ2) is 31.8. The Morgan fingerprint density at radius 1 is 0.586 bits per heavy atom. The zero-order chi connectivity index (χ0) is 43.1. The number of aliphatic carboxylic acids is 2. The molecule has 0 aromatic heterocycles. The Labute approximate surface area is 349 Å². The first kappa shape index (κ1) is 51.9. The molecule has 0 radical (unpaired) electrons. The highest BCUT2D eigenvalue weighted by Crippen LogP contribution is 2.24. The van der Waals surface area contributed by atoms with Crippen molar-refractivity contribution in [1.29, 1.82) is 0 Å². The van der Waals surface area contributed by atoms with Crippen LogP contribution in [0.2, 0.25) is 0 Å². The van der Waals surface area contributed by atoms with Crippen molar-refractivity contribution in [3.05, 3.63) is 29.8 Å². The van der Waals surface area contributed by atoms with Crippen molar-refractivity contribution < 1.29 is 51.7 Å². The van der Waals surface area contributed by atoms with Gasteiger partial charge in [-0.05, 0) is 62.1 Å². The third kappa shape index (κ3) is 27.5. The van der Waals surface area contributed by atoms with Gasteiger partial charge in [-0.3, -0.25) is 33.6 Å². The third-order valence-corrected chi connectivity index (χ3v) is 10.8. The van der Waals surface area contributed by atoms with Gasteiger partial charge in [0.25, 0.3) is 0 Å². The number of carboxylic acid groups (broad SMARTS) is 2. The maximum absolute atomic E-state index is 13.4. The highest BCUT2D eigenvalue weighted by molar-refractivity contribution is 5.91. The number of phenolic OH excluding ortho intramolecular Hbond substituents is 1. The minimum Gasteiger partial charge on any atom is -0.508 e. The Morgan fingerprint density at radius 3 is 1.60 bits per heavy atom. The number of nitrogens with two attached hydrogens (primary N) is 1. The first-order valence-electron chi connectivity index (χ1n) is 22.0. The van der Waals surface area contributed by atoms with Gasteiger partial charge in [-0.25, -0.2) is 0 Å². The van der Waals surface area contributed by atoms with Crippen LogP contribution < -0.4 is 11.1 Å². The van der Waals surface area contributed by atoms with Gasteiger partial charge in [-0.1, -0.05) is 109 Å². The van der Waals surface area contributed by atoms with Crippen LogP contribution in [0.25, 0.3) is 0 Å². The van der Waals surface area contributed by atoms with E-state index in [2.05, 4.69) is 5.32 Å². The van der Waals surface area contributed by atoms with Crippen molar-refractivity contribution in [2.75, 3.05) is 6.54 Å². The normalized spacial score (nSPS) is 12.8. The largest absolute Gasteiger partial charge is 0.508 e. The van der Waals surface area contributed by atoms with E-state index in [9.17, 15) is 43.8 Å². The SMILES string of the molecule is CC(C)CC(=O)C[C@@H](CCCCNC(=O)CC[C@H](CC(=O)CCCCCCCCCCCCCCCCC(=O)O)C(=O)O)C(=O)C[C@@H](Cc1ccc(O)cc1)C(N)=O.[HH].[HH]. The fourth-order valence-corrected chi connectivity index (χ4v) is 7.34. The van der Waals surface area contributed by atoms with Gasteiger partial charge in [-0.2, -0.15) is 0 Å². The van der Waals surface area contributed by atoms with Gasteiger partial charge in [0, 0.05) is 66.2 Å². The van der Waals surface area contributed by atoms with E-state index >= 15 is 0 Å². The molecule has 332 valence electrons. The number of hydrogen-bond donors (Lipinski definition) is 5. The summed E-state index contributed by atoms with van der Waals surface area (Å²) in [6.45, 7) is 4.19. The molecule has 0 saturated carbocycles. The fraction of sp³-hybridized carbons (Fsp3) is 0.717. The smallest absolute Gasteiger partial charge is 0.306 e. The molecule has 12 nitrogen and oxygen atoms in total. The summed E-state index contributed by atoms with van der Waals surface area (Å²) in [6.07, 6.45) is 17.9. The second-order valence-corrected chi connectivity index (χ2v) is 16.7. The van der Waals surface area contributed by atoms with E-state index in [1.807, 2.05) is 13.8 Å². The quantitative estimate of drug-likeness (QED) is 0.0398. The van der Waals surface area contributed by atoms with Crippen molar-refractivity contribution in [2.45, 2.75) is 181 Å². The topological polar surface area (TPSA) is 218 Å². The lowest BCUT2D eigenvalue weighted by Crippen LogP contribution is -2.30. The van der Waals surface area contributed by atoms with Crippen LogP contribution in [-0.2, 0) is 40.0 Å². The zero-order valence-corrected chi connectivity index (χ0v) is 35.5. The number of unbranched alkanes of at least 4 members (excludes halogenated alkanes) is 14. The lowest BCUT2D eigenvalue weighted by Gasteiger charge is -2.19. The Kier molecular flexibility index (Phi) is 28.5. The summed E-state index contributed by atoms with van der Waals surface area (Å²) in [5.41, 5.74) is 6.40. The molecule has 0 fully saturated rings. The van der Waals surface area contributed by atoms with E-state index in [0.717, 1.165) is 50.5 Å². The maximum atomic E-state index is 13.4. The minimum atomic E-state index is -1.08. The molecule has 3 atom stereocenters. The zero-order valence-electron chi connectivity index (χ0n) is 35.5. The Morgan fingerprint density at radius 2 is 1.10 bits per heavy atom. The van der Waals surface area contributed by atoms with Gasteiger partial charge in [-0.15, -0.1) is 0 Å². The van der Waals surface area contributed by atoms with Crippen molar-refractivity contribution in [2.24, 2.45) is 29.4 Å². The van der Waals surface area contributed by atoms with Gasteiger partial charge in [0.15, 0.2) is 0 Å². The Bertz CT molecular complexity index is 1390. The average Bonchev–Trinajstić information content (AvgIpc) is 3.15. The molecular weight excluding hydrogens is 741 g/mol. The predicted octanol–water partition coefficient (Wildman–Crippen LogP) is 9.16. The molecule has 0 saturated heterocycles. The van der Waals surface area contributed by atoms with Crippen molar-refractivity contribution in [3.63, 3.8) is 0 Å². The molecule has 0 bridgehead atoms. The van der Waals surface area contributed by atoms with E-state index in [4.69, 9.17) is 10.8 Å². The van der Waals surface area contributed by atoms with E-state index < -0.39 is 35.6 Å². The number of hydrogen-bond acceptors (Lipinski definition) is 8. The first-order valence-corrected chi connectivity index (χ1v) is 22.0. The maximum Gasteiger partial charge on any atom is 0.306 e. The number of nitrogens with one attached hydrogen (secondary N) is 1. The average molecular weight is 819 g/mol. The Hall–Kier alpha value is -4.09. The molecule has 0 spiro atoms. The monoisotopic (exact) mass is 819 g/mol. The summed E-state index contributed by atoms with van der Waals surface area (Å²) in [6, 6.07) is 6.35. The van der Waals surface area contributed by atoms with Gasteiger partial charge >= 0.3 is 11.9 Å². The van der Waals surface area contributed by atoms with Gasteiger partial charge < -0.3 is 26.4 Å². The standard InChI is InChI=1S/C46H74N2O10.2H2/c1-34(2)29-41(51)31-36(42(52)33-38(45(47)56)30-35-22-25-39(49)26-23-35)19-17-18-28-48-43(53)27-24-37(46(57)58)32-40(50)20-15-13-11-9-7-5-3-4-6-8-10-12-14-16-21-44(54)55;;/h22-23,25-26,34,36-38,49H,3-21,24,27-33H2,1-2H3,(H2,47,56)(H,48,53)(H,54,55)(H,57,58);2*1H/t36-,37-,38-;;/m1../s1. The van der Waals surface area contributed by atoms with Crippen LogP contribution in [0.5, 0.6) is 5.75 Å². The molecule has 0 aliphatic rings. The number of aromatic hydroxyl groups is 1. The van der Waals surface area contributed by atoms with Crippen LogP contribution in [-0.4, -0.2) is 63.0 Å². The third-order valence-electron chi connectivity index (χ3n) is 10.8. The number of Topliss-reactive ketones (excluding diaryl/α,β-unsaturated/α-hetero) is 3. The number of carbonyl (C=O) groups is 7. The molecule has 1 rings (SSSR count). The number of carboxylic acids is 2. The molecule has 1 aromatic carbocycles. The summed E-state index contributed by atoms with van der Waals surface area (Å²) >= 11 is 0. The molecule has 1 aromatic rings. The van der Waals surface area contributed by atoms with Crippen LogP contribution in [0.1, 0.15) is 183 Å². The fourth-order valence-electron chi connectivity index (χ4n) is 7.34. The summed E-state index contributed by atoms with van der Waals surface area (Å²) in [4.78, 5) is 85.9. The number of amides is 2. The highest BCUT2D eigenvalue weighted by Gasteiger charge is 2.27. The number of primary amides is 1. The highest BCUT2D eigenvalue weighted by atomic mass is 16.4. The predicted molar refractivity (Wildman–Crippen MR) is 229 cm³/mol. The van der Waals surface area contributed by atoms with Crippen LogP contribution in [0.3, 0.4) is 0 Å². The molecule has 0 unspecified atom stereocenters. The lowest BCUT2D eigenvalue weighted by molar-refractivity contribution is -0.144. The molecular formula is C46H78N2O10. The van der Waals surface area contributed by atoms with Crippen molar-refractivity contribution in [3.8, 4) is 5.75 Å². The summed E-state index contributed by atoms with van der Waals surface area (Å²) in [5, 5.41) is 30.7. The first-order chi connectivity index (χ1) is 27.7. The molecule has 58 heavy (non-hydrogen) atoms. The van der Waals surface area contributed by atoms with E-state index in [1.165, 1.54) is 57.1 Å². The summed E-state index contributed by atoms with van der Waals surface area (Å²) in [7, 11) is 0.